The molecule has 1 aliphatic heterocycles. The van der Waals surface area contributed by atoms with Gasteiger partial charge in [-0.15, -0.1) is 11.3 Å². The molecule has 1 fully saturated rings. The molecule has 1 saturated heterocycles. The molecular formula is C15H9F2N3O2S3. The maximum Gasteiger partial charge on any atom is 0.263 e. The summed E-state index contributed by atoms with van der Waals surface area (Å²) >= 11 is 7.11. The van der Waals surface area contributed by atoms with Gasteiger partial charge in [0.05, 0.1) is 16.3 Å². The van der Waals surface area contributed by atoms with Crippen molar-refractivity contribution in [3.05, 3.63) is 45.8 Å². The smallest absolute Gasteiger partial charge is 0.263 e. The highest BCUT2D eigenvalue weighted by atomic mass is 32.2. The van der Waals surface area contributed by atoms with Gasteiger partial charge in [0.1, 0.15) is 16.0 Å². The van der Waals surface area contributed by atoms with Gasteiger partial charge < -0.3 is 5.32 Å². The van der Waals surface area contributed by atoms with E-state index in [1.807, 2.05) is 0 Å². The number of aromatic nitrogens is 1. The second-order valence-corrected chi connectivity index (χ2v) is 7.41. The van der Waals surface area contributed by atoms with Crippen LogP contribution in [0.4, 0.5) is 19.6 Å². The number of anilines is 2. The lowest BCUT2D eigenvalue weighted by Crippen LogP contribution is -2.23. The molecule has 1 aromatic heterocycles. The number of amides is 2. The van der Waals surface area contributed by atoms with Crippen LogP contribution in [-0.2, 0) is 9.59 Å². The Labute approximate surface area is 154 Å². The number of carbonyl (C=O) groups is 2. The lowest BCUT2D eigenvalue weighted by Gasteiger charge is -2.18. The van der Waals surface area contributed by atoms with Gasteiger partial charge >= 0.3 is 0 Å². The number of thiocarbonyl (C=S) groups is 1. The Hall–Kier alpha value is -2.17. The zero-order chi connectivity index (χ0) is 18.1. The van der Waals surface area contributed by atoms with E-state index in [-0.39, 0.29) is 16.7 Å². The summed E-state index contributed by atoms with van der Waals surface area (Å²) in [5.74, 6) is -2.42. The number of rotatable bonds is 3. The molecule has 10 heteroatoms. The first-order valence-corrected chi connectivity index (χ1v) is 8.91. The number of nitrogens with one attached hydrogen (secondary N) is 1. The van der Waals surface area contributed by atoms with E-state index in [2.05, 4.69) is 10.3 Å². The molecule has 5 nitrogen and oxygen atoms in total. The van der Waals surface area contributed by atoms with Crippen molar-refractivity contribution in [3.8, 4) is 0 Å². The molecule has 1 aromatic carbocycles. The van der Waals surface area contributed by atoms with Gasteiger partial charge in [-0.1, -0.05) is 24.0 Å². The molecule has 0 bridgehead atoms. The fourth-order valence-electron chi connectivity index (χ4n) is 2.07. The maximum absolute atomic E-state index is 14.0. The van der Waals surface area contributed by atoms with Gasteiger partial charge in [-0.25, -0.2) is 13.8 Å². The van der Waals surface area contributed by atoms with E-state index in [0.717, 1.165) is 34.1 Å². The second kappa shape index (κ2) is 6.98. The number of carbonyl (C=O) groups excluding carboxylic acids is 2. The van der Waals surface area contributed by atoms with Gasteiger partial charge in [-0.2, -0.15) is 0 Å². The maximum atomic E-state index is 14.0. The largest absolute Gasteiger partial charge is 0.307 e. The van der Waals surface area contributed by atoms with Crippen molar-refractivity contribution in [1.82, 2.24) is 10.3 Å². The fraction of sp³-hybridized carbons (Fsp3) is 0.0667. The SMILES string of the molecule is CC(=O)N(c1nc(C=C2SC(=S)NC2=O)cs1)c1ccc(F)cc1F. The highest BCUT2D eigenvalue weighted by Gasteiger charge is 2.24. The zero-order valence-electron chi connectivity index (χ0n) is 12.6. The highest BCUT2D eigenvalue weighted by molar-refractivity contribution is 8.26. The standard InChI is InChI=1S/C15H9F2N3O2S3/c1-7(21)20(11-3-2-8(16)4-10(11)17)14-18-9(6-24-14)5-12-13(22)19-15(23)25-12/h2-6H,1H3,(H,19,22,23). The number of nitrogens with zero attached hydrogens (tertiary/aromatic N) is 2. The van der Waals surface area contributed by atoms with Crippen LogP contribution >= 0.6 is 35.3 Å². The molecule has 0 atom stereocenters. The van der Waals surface area contributed by atoms with Gasteiger partial charge in [-0.05, 0) is 18.2 Å². The predicted molar refractivity (Wildman–Crippen MR) is 97.6 cm³/mol. The van der Waals surface area contributed by atoms with Crippen molar-refractivity contribution in [1.29, 1.82) is 0 Å². The molecule has 0 saturated carbocycles. The quantitative estimate of drug-likeness (QED) is 0.634. The molecule has 3 rings (SSSR count). The molecule has 0 spiro atoms. The highest BCUT2D eigenvalue weighted by Crippen LogP contribution is 2.33. The van der Waals surface area contributed by atoms with Gasteiger partial charge in [0, 0.05) is 18.4 Å². The Morgan fingerprint density at radius 1 is 1.40 bits per heavy atom. The minimum Gasteiger partial charge on any atom is -0.307 e. The number of halogens is 2. The van der Waals surface area contributed by atoms with E-state index in [4.69, 9.17) is 12.2 Å². The minimum atomic E-state index is -0.874. The van der Waals surface area contributed by atoms with E-state index < -0.39 is 17.5 Å². The molecule has 2 aromatic rings. The number of thiazole rings is 1. The molecule has 0 unspecified atom stereocenters. The summed E-state index contributed by atoms with van der Waals surface area (Å²) in [4.78, 5) is 29.3. The minimum absolute atomic E-state index is 0.100. The first kappa shape index (κ1) is 17.6. The lowest BCUT2D eigenvalue weighted by atomic mass is 10.2. The summed E-state index contributed by atoms with van der Waals surface area (Å²) in [6.45, 7) is 1.25. The van der Waals surface area contributed by atoms with E-state index in [9.17, 15) is 18.4 Å². The predicted octanol–water partition coefficient (Wildman–Crippen LogP) is 3.59. The summed E-state index contributed by atoms with van der Waals surface area (Å²) in [6.07, 6.45) is 1.53. The van der Waals surface area contributed by atoms with Crippen molar-refractivity contribution in [2.24, 2.45) is 0 Å². The Morgan fingerprint density at radius 2 is 2.16 bits per heavy atom. The van der Waals surface area contributed by atoms with Crippen LogP contribution < -0.4 is 10.2 Å². The van der Waals surface area contributed by atoms with Crippen molar-refractivity contribution in [2.45, 2.75) is 6.92 Å². The summed E-state index contributed by atoms with van der Waals surface area (Å²) in [6, 6.07) is 2.93. The van der Waals surface area contributed by atoms with Crippen LogP contribution in [0, 0.1) is 11.6 Å². The molecule has 128 valence electrons. The first-order chi connectivity index (χ1) is 11.8. The number of benzene rings is 1. The van der Waals surface area contributed by atoms with Crippen LogP contribution in [0.1, 0.15) is 12.6 Å². The van der Waals surface area contributed by atoms with Gasteiger partial charge in [0.25, 0.3) is 5.91 Å². The number of thioether (sulfide) groups is 1. The van der Waals surface area contributed by atoms with Crippen molar-refractivity contribution < 1.29 is 18.4 Å². The molecule has 25 heavy (non-hydrogen) atoms. The number of hydrogen-bond acceptors (Lipinski definition) is 6. The third-order valence-electron chi connectivity index (χ3n) is 3.09. The summed E-state index contributed by atoms with van der Waals surface area (Å²) in [5.41, 5.74) is 0.327. The van der Waals surface area contributed by atoms with Crippen LogP contribution in [-0.4, -0.2) is 21.1 Å². The van der Waals surface area contributed by atoms with E-state index in [0.29, 0.717) is 21.0 Å². The Kier molecular flexibility index (Phi) is 4.93. The van der Waals surface area contributed by atoms with Crippen molar-refractivity contribution >= 4 is 68.3 Å². The van der Waals surface area contributed by atoms with Crippen LogP contribution in [0.5, 0.6) is 0 Å². The summed E-state index contributed by atoms with van der Waals surface area (Å²) < 4.78 is 27.5. The second-order valence-electron chi connectivity index (χ2n) is 4.86. The fourth-order valence-corrected chi connectivity index (χ4v) is 3.94. The molecular weight excluding hydrogens is 388 g/mol. The van der Waals surface area contributed by atoms with Crippen molar-refractivity contribution in [3.63, 3.8) is 0 Å². The Bertz CT molecular complexity index is 926. The molecule has 2 heterocycles. The Balaban J connectivity index is 1.96. The first-order valence-electron chi connectivity index (χ1n) is 6.81. The van der Waals surface area contributed by atoms with Crippen molar-refractivity contribution in [2.75, 3.05) is 4.90 Å². The zero-order valence-corrected chi connectivity index (χ0v) is 15.0. The van der Waals surface area contributed by atoms with Crippen LogP contribution in [0.3, 0.4) is 0 Å². The topological polar surface area (TPSA) is 62.3 Å². The third-order valence-corrected chi connectivity index (χ3v) is 5.09. The normalized spacial score (nSPS) is 15.6. The Morgan fingerprint density at radius 3 is 2.76 bits per heavy atom. The third kappa shape index (κ3) is 3.75. The van der Waals surface area contributed by atoms with E-state index >= 15 is 0 Å². The molecule has 2 amide bonds. The van der Waals surface area contributed by atoms with Gasteiger partial charge in [0.15, 0.2) is 5.13 Å². The van der Waals surface area contributed by atoms with Crippen LogP contribution in [0.2, 0.25) is 0 Å². The summed E-state index contributed by atoms with van der Waals surface area (Å²) in [7, 11) is 0. The molecule has 1 N–H and O–H groups in total. The number of hydrogen-bond donors (Lipinski definition) is 1. The van der Waals surface area contributed by atoms with E-state index in [1.165, 1.54) is 19.1 Å². The van der Waals surface area contributed by atoms with Crippen LogP contribution in [0.15, 0.2) is 28.5 Å². The molecule has 1 aliphatic rings. The molecule has 0 radical (unpaired) electrons. The average Bonchev–Trinajstić information content (AvgIpc) is 3.09. The average molecular weight is 397 g/mol. The van der Waals surface area contributed by atoms with Crippen LogP contribution in [0.25, 0.3) is 6.08 Å². The summed E-state index contributed by atoms with van der Waals surface area (Å²) in [5, 5.41) is 4.31. The lowest BCUT2D eigenvalue weighted by molar-refractivity contribution is -0.116. The monoisotopic (exact) mass is 397 g/mol. The van der Waals surface area contributed by atoms with Gasteiger partial charge in [0.2, 0.25) is 5.91 Å². The molecule has 0 aliphatic carbocycles. The van der Waals surface area contributed by atoms with Gasteiger partial charge in [-0.3, -0.25) is 14.5 Å². The van der Waals surface area contributed by atoms with E-state index in [1.54, 1.807) is 5.38 Å².